The van der Waals surface area contributed by atoms with Crippen LogP contribution in [0.3, 0.4) is 0 Å². The molecule has 3 unspecified atom stereocenters. The van der Waals surface area contributed by atoms with E-state index in [0.717, 1.165) is 38.5 Å². The molecule has 0 aromatic carbocycles. The molecule has 4 aliphatic carbocycles. The van der Waals surface area contributed by atoms with Gasteiger partial charge in [-0.3, -0.25) is 4.79 Å². The Morgan fingerprint density at radius 2 is 1.87 bits per heavy atom. The Kier molecular flexibility index (Phi) is 3.38. The summed E-state index contributed by atoms with van der Waals surface area (Å²) in [5.74, 6) is 0.977. The minimum absolute atomic E-state index is 0.0431. The number of nitrogens with two attached hydrogens (primary N) is 1. The van der Waals surface area contributed by atoms with Crippen molar-refractivity contribution >= 4 is 11.9 Å². The highest BCUT2D eigenvalue weighted by molar-refractivity contribution is 5.81. The Morgan fingerprint density at radius 3 is 2.48 bits per heavy atom. The molecule has 128 valence electrons. The molecule has 1 heterocycles. The summed E-state index contributed by atoms with van der Waals surface area (Å²) in [6, 6.07) is -0.438. The number of hydrogen-bond donors (Lipinski definition) is 3. The van der Waals surface area contributed by atoms with Gasteiger partial charge >= 0.3 is 6.03 Å². The molecule has 0 aromatic heterocycles. The van der Waals surface area contributed by atoms with Gasteiger partial charge in [-0.2, -0.15) is 0 Å². The van der Waals surface area contributed by atoms with Gasteiger partial charge in [-0.1, -0.05) is 0 Å². The standard InChI is InChI=1S/C17H27N3O3/c18-15(22)20-3-1-2-13(9-20)14(21)19-16-5-11-4-12(6-16)8-17(23,7-11)10-16/h11-13,23H,1-10H2,(H2,18,22)(H,19,21). The molecule has 5 fully saturated rings. The van der Waals surface area contributed by atoms with E-state index < -0.39 is 11.6 Å². The zero-order valence-electron chi connectivity index (χ0n) is 13.6. The highest BCUT2D eigenvalue weighted by atomic mass is 16.3. The summed E-state index contributed by atoms with van der Waals surface area (Å²) in [6.45, 7) is 1.07. The number of carbonyl (C=O) groups is 2. The van der Waals surface area contributed by atoms with Crippen LogP contribution in [0.25, 0.3) is 0 Å². The lowest BCUT2D eigenvalue weighted by molar-refractivity contribution is -0.153. The minimum Gasteiger partial charge on any atom is -0.390 e. The molecule has 4 bridgehead atoms. The molecule has 5 aliphatic rings. The van der Waals surface area contributed by atoms with Crippen LogP contribution >= 0.6 is 0 Å². The van der Waals surface area contributed by atoms with E-state index in [1.165, 1.54) is 6.42 Å². The molecule has 1 saturated heterocycles. The van der Waals surface area contributed by atoms with Gasteiger partial charge in [0.25, 0.3) is 0 Å². The number of piperidine rings is 1. The van der Waals surface area contributed by atoms with E-state index in [-0.39, 0.29) is 17.4 Å². The van der Waals surface area contributed by atoms with Gasteiger partial charge in [-0.25, -0.2) is 4.79 Å². The maximum atomic E-state index is 12.8. The van der Waals surface area contributed by atoms with Gasteiger partial charge in [0, 0.05) is 18.6 Å². The smallest absolute Gasteiger partial charge is 0.314 e. The zero-order chi connectivity index (χ0) is 16.2. The van der Waals surface area contributed by atoms with Gasteiger partial charge in [0.05, 0.1) is 11.5 Å². The van der Waals surface area contributed by atoms with Crippen molar-refractivity contribution in [1.82, 2.24) is 10.2 Å². The fourth-order valence-electron chi connectivity index (χ4n) is 6.12. The summed E-state index contributed by atoms with van der Waals surface area (Å²) >= 11 is 0. The Labute approximate surface area is 136 Å². The average molecular weight is 321 g/mol. The number of carbonyl (C=O) groups excluding carboxylic acids is 2. The Bertz CT molecular complexity index is 521. The molecule has 0 spiro atoms. The van der Waals surface area contributed by atoms with Gasteiger partial charge in [-0.05, 0) is 63.2 Å². The van der Waals surface area contributed by atoms with Gasteiger partial charge in [0.1, 0.15) is 0 Å². The van der Waals surface area contributed by atoms with Crippen LogP contribution < -0.4 is 11.1 Å². The highest BCUT2D eigenvalue weighted by Gasteiger charge is 2.57. The van der Waals surface area contributed by atoms with Gasteiger partial charge in [0.2, 0.25) is 5.91 Å². The number of aliphatic hydroxyl groups is 1. The predicted octanol–water partition coefficient (Wildman–Crippen LogP) is 0.977. The molecule has 5 rings (SSSR count). The van der Waals surface area contributed by atoms with Gasteiger partial charge in [-0.15, -0.1) is 0 Å². The number of nitrogens with one attached hydrogen (secondary N) is 1. The number of urea groups is 1. The Morgan fingerprint density at radius 1 is 1.17 bits per heavy atom. The summed E-state index contributed by atoms with van der Waals surface area (Å²) in [5, 5.41) is 14.1. The second-order valence-corrected chi connectivity index (χ2v) is 8.58. The fraction of sp³-hybridized carbons (Fsp3) is 0.882. The van der Waals surface area contributed by atoms with Crippen molar-refractivity contribution < 1.29 is 14.7 Å². The van der Waals surface area contributed by atoms with Gasteiger partial charge < -0.3 is 21.1 Å². The maximum Gasteiger partial charge on any atom is 0.314 e. The summed E-state index contributed by atoms with van der Waals surface area (Å²) in [4.78, 5) is 25.7. The van der Waals surface area contributed by atoms with Crippen LogP contribution in [0, 0.1) is 17.8 Å². The fourth-order valence-corrected chi connectivity index (χ4v) is 6.12. The molecule has 1 aliphatic heterocycles. The van der Waals surface area contributed by atoms with Crippen LogP contribution in [-0.4, -0.2) is 46.2 Å². The molecule has 3 amide bonds. The van der Waals surface area contributed by atoms with E-state index in [2.05, 4.69) is 5.32 Å². The van der Waals surface area contributed by atoms with Crippen LogP contribution in [0.15, 0.2) is 0 Å². The topological polar surface area (TPSA) is 95.7 Å². The molecule has 0 aromatic rings. The predicted molar refractivity (Wildman–Crippen MR) is 84.4 cm³/mol. The molecular weight excluding hydrogens is 294 g/mol. The number of hydrogen-bond acceptors (Lipinski definition) is 3. The van der Waals surface area contributed by atoms with Crippen LogP contribution in [0.1, 0.15) is 51.4 Å². The quantitative estimate of drug-likeness (QED) is 0.707. The van der Waals surface area contributed by atoms with E-state index in [0.29, 0.717) is 31.3 Å². The first-order chi connectivity index (χ1) is 10.9. The molecule has 6 heteroatoms. The molecule has 23 heavy (non-hydrogen) atoms. The maximum absolute atomic E-state index is 12.8. The molecule has 4 N–H and O–H groups in total. The highest BCUT2D eigenvalue weighted by Crippen LogP contribution is 2.57. The number of nitrogens with zero attached hydrogens (tertiary/aromatic N) is 1. The second kappa shape index (κ2) is 5.10. The van der Waals surface area contributed by atoms with E-state index in [9.17, 15) is 14.7 Å². The monoisotopic (exact) mass is 321 g/mol. The first-order valence-corrected chi connectivity index (χ1v) is 8.95. The Balaban J connectivity index is 1.45. The Hall–Kier alpha value is -1.30. The summed E-state index contributed by atoms with van der Waals surface area (Å²) in [7, 11) is 0. The third kappa shape index (κ3) is 2.71. The number of primary amides is 1. The lowest BCUT2D eigenvalue weighted by atomic mass is 9.51. The lowest BCUT2D eigenvalue weighted by Crippen LogP contribution is -2.66. The number of amides is 3. The lowest BCUT2D eigenvalue weighted by Gasteiger charge is -2.60. The van der Waals surface area contributed by atoms with E-state index in [1.807, 2.05) is 0 Å². The van der Waals surface area contributed by atoms with Crippen LogP contribution in [0.2, 0.25) is 0 Å². The van der Waals surface area contributed by atoms with E-state index in [1.54, 1.807) is 4.90 Å². The van der Waals surface area contributed by atoms with Crippen molar-refractivity contribution in [3.8, 4) is 0 Å². The zero-order valence-corrected chi connectivity index (χ0v) is 13.6. The van der Waals surface area contributed by atoms with E-state index >= 15 is 0 Å². The molecule has 3 atom stereocenters. The largest absolute Gasteiger partial charge is 0.390 e. The van der Waals surface area contributed by atoms with Crippen molar-refractivity contribution in [2.75, 3.05) is 13.1 Å². The van der Waals surface area contributed by atoms with Crippen LogP contribution in [-0.2, 0) is 4.79 Å². The average Bonchev–Trinajstić information content (AvgIpc) is 2.44. The number of likely N-dealkylation sites (tertiary alicyclic amines) is 1. The van der Waals surface area contributed by atoms with Crippen LogP contribution in [0.4, 0.5) is 4.79 Å². The summed E-state index contributed by atoms with van der Waals surface area (Å²) in [6.07, 6.45) is 7.35. The van der Waals surface area contributed by atoms with Gasteiger partial charge in [0.15, 0.2) is 0 Å². The van der Waals surface area contributed by atoms with Crippen molar-refractivity contribution in [2.24, 2.45) is 23.5 Å². The van der Waals surface area contributed by atoms with Crippen molar-refractivity contribution in [1.29, 1.82) is 0 Å². The third-order valence-corrected chi connectivity index (χ3v) is 6.52. The normalized spacial score (nSPS) is 45.1. The summed E-state index contributed by atoms with van der Waals surface area (Å²) < 4.78 is 0. The molecule has 0 radical (unpaired) electrons. The van der Waals surface area contributed by atoms with Crippen molar-refractivity contribution in [3.05, 3.63) is 0 Å². The minimum atomic E-state index is -0.566. The summed E-state index contributed by atoms with van der Waals surface area (Å²) in [5.41, 5.74) is 4.57. The third-order valence-electron chi connectivity index (χ3n) is 6.52. The van der Waals surface area contributed by atoms with Crippen molar-refractivity contribution in [2.45, 2.75) is 62.5 Å². The molecule has 6 nitrogen and oxygen atoms in total. The number of rotatable bonds is 2. The second-order valence-electron chi connectivity index (χ2n) is 8.58. The molecule has 4 saturated carbocycles. The SMILES string of the molecule is NC(=O)N1CCCC(C(=O)NC23CC4CC(CC(O)(C4)C2)C3)C1. The van der Waals surface area contributed by atoms with Crippen LogP contribution in [0.5, 0.6) is 0 Å². The first kappa shape index (κ1) is 15.2. The van der Waals surface area contributed by atoms with E-state index in [4.69, 9.17) is 5.73 Å². The van der Waals surface area contributed by atoms with Crippen molar-refractivity contribution in [3.63, 3.8) is 0 Å². The molecular formula is C17H27N3O3. The first-order valence-electron chi connectivity index (χ1n) is 8.95.